The SMILES string of the molecule is Cc1ccc(N=C2NC(=O)/C(=C/c3ccc(OCC(=O)Nc4ccc(C)c(C)c4)cc3)S2)c(C)c1. The number of carbonyl (C=O) groups excluding carboxylic acids is 2. The smallest absolute Gasteiger partial charge is 0.264 e. The van der Waals surface area contributed by atoms with Crippen LogP contribution in [0.3, 0.4) is 0 Å². The highest BCUT2D eigenvalue weighted by atomic mass is 32.2. The normalized spacial score (nSPS) is 15.4. The van der Waals surface area contributed by atoms with Crippen molar-refractivity contribution in [2.24, 2.45) is 4.99 Å². The largest absolute Gasteiger partial charge is 0.484 e. The Bertz CT molecular complexity index is 1340. The van der Waals surface area contributed by atoms with E-state index in [0.29, 0.717) is 15.8 Å². The Kier molecular flexibility index (Phi) is 7.36. The summed E-state index contributed by atoms with van der Waals surface area (Å²) in [5.41, 5.74) is 6.95. The first-order valence-corrected chi connectivity index (χ1v) is 12.1. The fourth-order valence-corrected chi connectivity index (χ4v) is 4.33. The van der Waals surface area contributed by atoms with Crippen LogP contribution >= 0.6 is 11.8 Å². The number of ether oxygens (including phenoxy) is 1. The maximum absolute atomic E-state index is 12.4. The molecule has 35 heavy (non-hydrogen) atoms. The van der Waals surface area contributed by atoms with E-state index in [1.807, 2.05) is 70.2 Å². The summed E-state index contributed by atoms with van der Waals surface area (Å²) in [5.74, 6) is 0.166. The van der Waals surface area contributed by atoms with Crippen LogP contribution in [0.2, 0.25) is 0 Å². The van der Waals surface area contributed by atoms with Gasteiger partial charge in [0.15, 0.2) is 11.8 Å². The summed E-state index contributed by atoms with van der Waals surface area (Å²) in [6.45, 7) is 7.98. The fourth-order valence-electron chi connectivity index (χ4n) is 3.50. The molecule has 6 nitrogen and oxygen atoms in total. The second kappa shape index (κ2) is 10.6. The zero-order chi connectivity index (χ0) is 24.9. The van der Waals surface area contributed by atoms with Crippen LogP contribution in [-0.4, -0.2) is 23.6 Å². The summed E-state index contributed by atoms with van der Waals surface area (Å²) in [6, 6.07) is 19.0. The van der Waals surface area contributed by atoms with E-state index in [0.717, 1.165) is 28.1 Å². The number of hydrogen-bond donors (Lipinski definition) is 2. The minimum atomic E-state index is -0.228. The van der Waals surface area contributed by atoms with E-state index in [9.17, 15) is 9.59 Å². The molecule has 1 heterocycles. The summed E-state index contributed by atoms with van der Waals surface area (Å²) in [6.07, 6.45) is 1.81. The molecular formula is C28H27N3O3S. The van der Waals surface area contributed by atoms with Gasteiger partial charge in [0.1, 0.15) is 5.75 Å². The van der Waals surface area contributed by atoms with Gasteiger partial charge in [-0.2, -0.15) is 0 Å². The number of anilines is 1. The number of benzene rings is 3. The van der Waals surface area contributed by atoms with Crippen molar-refractivity contribution in [1.29, 1.82) is 0 Å². The molecule has 0 atom stereocenters. The molecule has 7 heteroatoms. The summed E-state index contributed by atoms with van der Waals surface area (Å²) in [7, 11) is 0. The molecule has 2 amide bonds. The Labute approximate surface area is 209 Å². The number of nitrogens with zero attached hydrogens (tertiary/aromatic N) is 1. The Balaban J connectivity index is 1.34. The van der Waals surface area contributed by atoms with Crippen LogP contribution in [0.25, 0.3) is 6.08 Å². The lowest BCUT2D eigenvalue weighted by molar-refractivity contribution is -0.118. The van der Waals surface area contributed by atoms with Crippen molar-refractivity contribution in [1.82, 2.24) is 5.32 Å². The molecule has 1 aliphatic heterocycles. The van der Waals surface area contributed by atoms with Crippen LogP contribution in [0, 0.1) is 27.7 Å². The van der Waals surface area contributed by atoms with Gasteiger partial charge in [-0.3, -0.25) is 9.59 Å². The first-order valence-electron chi connectivity index (χ1n) is 11.2. The molecule has 3 aromatic carbocycles. The maximum atomic E-state index is 12.4. The van der Waals surface area contributed by atoms with Crippen molar-refractivity contribution in [2.45, 2.75) is 27.7 Å². The van der Waals surface area contributed by atoms with Gasteiger partial charge >= 0.3 is 0 Å². The molecule has 0 bridgehead atoms. The Morgan fingerprint density at radius 3 is 2.46 bits per heavy atom. The number of nitrogens with one attached hydrogen (secondary N) is 2. The first-order chi connectivity index (χ1) is 16.8. The molecule has 178 valence electrons. The van der Waals surface area contributed by atoms with Gasteiger partial charge in [0.05, 0.1) is 10.6 Å². The summed E-state index contributed by atoms with van der Waals surface area (Å²) in [4.78, 5) is 29.8. The second-order valence-electron chi connectivity index (χ2n) is 8.48. The van der Waals surface area contributed by atoms with Gasteiger partial charge < -0.3 is 15.4 Å². The Morgan fingerprint density at radius 2 is 1.74 bits per heavy atom. The lowest BCUT2D eigenvalue weighted by Crippen LogP contribution is -2.20. The van der Waals surface area contributed by atoms with E-state index >= 15 is 0 Å². The summed E-state index contributed by atoms with van der Waals surface area (Å²) >= 11 is 1.31. The quantitative estimate of drug-likeness (QED) is 0.431. The number of aryl methyl sites for hydroxylation is 4. The van der Waals surface area contributed by atoms with E-state index in [1.54, 1.807) is 18.2 Å². The van der Waals surface area contributed by atoms with Gasteiger partial charge in [0, 0.05) is 5.69 Å². The van der Waals surface area contributed by atoms with Crippen LogP contribution in [0.1, 0.15) is 27.8 Å². The van der Waals surface area contributed by atoms with Crippen LogP contribution < -0.4 is 15.4 Å². The fraction of sp³-hybridized carbons (Fsp3) is 0.179. The molecule has 1 saturated heterocycles. The molecular weight excluding hydrogens is 458 g/mol. The third-order valence-corrected chi connectivity index (χ3v) is 6.47. The van der Waals surface area contributed by atoms with Crippen molar-refractivity contribution in [2.75, 3.05) is 11.9 Å². The molecule has 0 saturated carbocycles. The average molecular weight is 486 g/mol. The minimum Gasteiger partial charge on any atom is -0.484 e. The van der Waals surface area contributed by atoms with E-state index in [2.05, 4.69) is 21.7 Å². The van der Waals surface area contributed by atoms with Gasteiger partial charge in [-0.15, -0.1) is 0 Å². The van der Waals surface area contributed by atoms with Crippen molar-refractivity contribution >= 4 is 46.2 Å². The molecule has 0 aliphatic carbocycles. The number of carbonyl (C=O) groups is 2. The number of aliphatic imine (C=N–C) groups is 1. The van der Waals surface area contributed by atoms with Crippen LogP contribution in [-0.2, 0) is 9.59 Å². The van der Waals surface area contributed by atoms with Gasteiger partial charge in [-0.25, -0.2) is 4.99 Å². The number of thioether (sulfide) groups is 1. The van der Waals surface area contributed by atoms with Gasteiger partial charge in [0.25, 0.3) is 11.8 Å². The standard InChI is InChI=1S/C28H27N3O3S/c1-17-5-12-24(20(4)13-17)30-28-31-27(33)25(35-28)15-21-7-10-23(11-8-21)34-16-26(32)29-22-9-6-18(2)19(3)14-22/h5-15H,16H2,1-4H3,(H,29,32)(H,30,31,33)/b25-15-. The summed E-state index contributed by atoms with van der Waals surface area (Å²) in [5, 5.41) is 6.22. The monoisotopic (exact) mass is 485 g/mol. The molecule has 4 rings (SSSR count). The average Bonchev–Trinajstić information content (AvgIpc) is 3.16. The Hall–Kier alpha value is -3.84. The molecule has 0 radical (unpaired) electrons. The van der Waals surface area contributed by atoms with E-state index < -0.39 is 0 Å². The molecule has 1 fully saturated rings. The predicted molar refractivity (Wildman–Crippen MR) is 143 cm³/mol. The van der Waals surface area contributed by atoms with Crippen LogP contribution in [0.5, 0.6) is 5.75 Å². The zero-order valence-electron chi connectivity index (χ0n) is 20.1. The van der Waals surface area contributed by atoms with E-state index in [4.69, 9.17) is 4.74 Å². The van der Waals surface area contributed by atoms with Gasteiger partial charge in [-0.05, 0) is 98.1 Å². The summed E-state index contributed by atoms with van der Waals surface area (Å²) < 4.78 is 5.61. The predicted octanol–water partition coefficient (Wildman–Crippen LogP) is 5.83. The van der Waals surface area contributed by atoms with Crippen molar-refractivity contribution < 1.29 is 14.3 Å². The second-order valence-corrected chi connectivity index (χ2v) is 9.51. The highest BCUT2D eigenvalue weighted by Gasteiger charge is 2.24. The van der Waals surface area contributed by atoms with Crippen LogP contribution in [0.15, 0.2) is 70.6 Å². The number of amidine groups is 1. The highest BCUT2D eigenvalue weighted by molar-refractivity contribution is 8.18. The number of amides is 2. The molecule has 1 aliphatic rings. The lowest BCUT2D eigenvalue weighted by Gasteiger charge is -2.09. The lowest BCUT2D eigenvalue weighted by atomic mass is 10.1. The van der Waals surface area contributed by atoms with E-state index in [1.165, 1.54) is 22.9 Å². The topological polar surface area (TPSA) is 79.8 Å². The first kappa shape index (κ1) is 24.3. The highest BCUT2D eigenvalue weighted by Crippen LogP contribution is 2.29. The number of hydrogen-bond acceptors (Lipinski definition) is 5. The molecule has 0 unspecified atom stereocenters. The molecule has 3 aromatic rings. The van der Waals surface area contributed by atoms with E-state index in [-0.39, 0.29) is 18.4 Å². The minimum absolute atomic E-state index is 0.0934. The molecule has 0 spiro atoms. The van der Waals surface area contributed by atoms with Crippen molar-refractivity contribution in [3.05, 3.63) is 93.4 Å². The molecule has 2 N–H and O–H groups in total. The number of rotatable bonds is 6. The third-order valence-electron chi connectivity index (χ3n) is 5.56. The maximum Gasteiger partial charge on any atom is 0.264 e. The Morgan fingerprint density at radius 1 is 0.971 bits per heavy atom. The van der Waals surface area contributed by atoms with Gasteiger partial charge in [0.2, 0.25) is 0 Å². The zero-order valence-corrected chi connectivity index (χ0v) is 21.0. The van der Waals surface area contributed by atoms with Crippen molar-refractivity contribution in [3.63, 3.8) is 0 Å². The van der Waals surface area contributed by atoms with Crippen molar-refractivity contribution in [3.8, 4) is 5.75 Å². The third kappa shape index (κ3) is 6.39. The molecule has 0 aromatic heterocycles. The van der Waals surface area contributed by atoms with Crippen LogP contribution in [0.4, 0.5) is 11.4 Å². The van der Waals surface area contributed by atoms with Gasteiger partial charge in [-0.1, -0.05) is 35.9 Å².